The molecular formula is C40H55ClN4O5S. The molecule has 2 fully saturated rings. The predicted molar refractivity (Wildman–Crippen MR) is 203 cm³/mol. The van der Waals surface area contributed by atoms with Crippen LogP contribution >= 0.6 is 11.6 Å². The molecular weight excluding hydrogens is 684 g/mol. The van der Waals surface area contributed by atoms with E-state index in [1.54, 1.807) is 13.0 Å². The number of rotatable bonds is 4. The second kappa shape index (κ2) is 13.7. The van der Waals surface area contributed by atoms with Crippen molar-refractivity contribution >= 4 is 33.2 Å². The lowest BCUT2D eigenvalue weighted by Crippen LogP contribution is -2.70. The molecule has 7 rings (SSSR count). The lowest BCUT2D eigenvalue weighted by molar-refractivity contribution is -0.120. The number of likely N-dealkylation sites (tertiary alicyclic amines) is 1. The Morgan fingerprint density at radius 2 is 1.88 bits per heavy atom. The molecule has 51 heavy (non-hydrogen) atoms. The van der Waals surface area contributed by atoms with Crippen molar-refractivity contribution in [3.05, 3.63) is 70.3 Å². The molecule has 0 aromatic heterocycles. The van der Waals surface area contributed by atoms with Crippen LogP contribution in [-0.2, 0) is 26.6 Å². The van der Waals surface area contributed by atoms with Gasteiger partial charge in [0.2, 0.25) is 10.0 Å². The number of sulfonamides is 1. The number of likely N-dealkylation sites (N-methyl/N-ethyl adjacent to an activating group) is 1. The average Bonchev–Trinajstić information content (AvgIpc) is 3.21. The van der Waals surface area contributed by atoms with Crippen molar-refractivity contribution < 1.29 is 22.7 Å². The van der Waals surface area contributed by atoms with Crippen LogP contribution in [0.5, 0.6) is 5.75 Å². The van der Waals surface area contributed by atoms with Crippen LogP contribution in [0.4, 0.5) is 5.69 Å². The first-order valence-corrected chi connectivity index (χ1v) is 20.6. The Morgan fingerprint density at radius 3 is 2.59 bits per heavy atom. The summed E-state index contributed by atoms with van der Waals surface area (Å²) in [4.78, 5) is 20.9. The molecule has 9 nitrogen and oxygen atoms in total. The van der Waals surface area contributed by atoms with Crippen LogP contribution in [0.15, 0.2) is 48.6 Å². The number of benzene rings is 2. The third-order valence-corrected chi connectivity index (χ3v) is 15.4. The first-order chi connectivity index (χ1) is 24.2. The van der Waals surface area contributed by atoms with Crippen molar-refractivity contribution in [3.8, 4) is 5.75 Å². The van der Waals surface area contributed by atoms with Crippen molar-refractivity contribution in [1.29, 1.82) is 0 Å². The number of anilines is 1. The summed E-state index contributed by atoms with van der Waals surface area (Å²) in [5, 5.41) is -0.0266. The fraction of sp³-hybridized carbons (Fsp3) is 0.625. The highest BCUT2D eigenvalue weighted by molar-refractivity contribution is 7.90. The second-order valence-corrected chi connectivity index (χ2v) is 19.2. The van der Waals surface area contributed by atoms with Crippen molar-refractivity contribution in [2.45, 2.75) is 81.1 Å². The molecule has 1 saturated heterocycles. The number of aryl methyl sites for hydroxylation is 1. The minimum atomic E-state index is -3.95. The summed E-state index contributed by atoms with van der Waals surface area (Å²) in [7, 11) is 2.19. The van der Waals surface area contributed by atoms with Gasteiger partial charge in [0, 0.05) is 61.4 Å². The quantitative estimate of drug-likeness (QED) is 0.388. The maximum atomic E-state index is 13.6. The Hall–Kier alpha value is -2.63. The number of nitrogens with one attached hydrogen (secondary N) is 1. The molecule has 1 saturated carbocycles. The van der Waals surface area contributed by atoms with E-state index in [9.17, 15) is 13.2 Å². The lowest BCUT2D eigenvalue weighted by atomic mass is 9.63. The number of allylic oxidation sites excluding steroid dienone is 1. The van der Waals surface area contributed by atoms with E-state index in [0.717, 1.165) is 75.5 Å². The van der Waals surface area contributed by atoms with Crippen molar-refractivity contribution in [2.24, 2.45) is 17.8 Å². The summed E-state index contributed by atoms with van der Waals surface area (Å²) in [6.07, 6.45) is 10.1. The molecule has 6 atom stereocenters. The number of carbonyl (C=O) groups is 1. The zero-order chi connectivity index (χ0) is 36.3. The molecule has 2 aliphatic carbocycles. The van der Waals surface area contributed by atoms with Crippen LogP contribution in [0.1, 0.15) is 74.4 Å². The summed E-state index contributed by atoms with van der Waals surface area (Å²) >= 11 is 6.49. The van der Waals surface area contributed by atoms with Gasteiger partial charge in [-0.1, -0.05) is 36.7 Å². The molecule has 5 aliphatic rings. The van der Waals surface area contributed by atoms with Gasteiger partial charge in [0.25, 0.3) is 5.91 Å². The Morgan fingerprint density at radius 1 is 1.10 bits per heavy atom. The molecule has 11 heteroatoms. The SMILES string of the molecule is CO[C@]1(CN2CC(C)(N(C)C)C2)/C=C\C[C@H](C)[C@@H](C)S(=O)(=O)NC(=O)c2ccc3c(c2)N(C[C@@H]2CC[C@H]21)C[C@@]1(CCCc2cc(Cl)ccc21)CO3. The van der Waals surface area contributed by atoms with Crippen LogP contribution < -0.4 is 14.4 Å². The van der Waals surface area contributed by atoms with Gasteiger partial charge in [-0.3, -0.25) is 9.69 Å². The van der Waals surface area contributed by atoms with Gasteiger partial charge in [-0.25, -0.2) is 13.1 Å². The van der Waals surface area contributed by atoms with Gasteiger partial charge < -0.3 is 19.3 Å². The Bertz CT molecular complexity index is 1790. The highest BCUT2D eigenvalue weighted by atomic mass is 35.5. The number of ether oxygens (including phenoxy) is 2. The fourth-order valence-corrected chi connectivity index (χ4v) is 10.9. The largest absolute Gasteiger partial charge is 0.490 e. The third-order valence-electron chi connectivity index (χ3n) is 13.3. The highest BCUT2D eigenvalue weighted by Gasteiger charge is 2.52. The van der Waals surface area contributed by atoms with Gasteiger partial charge in [-0.05, 0) is 126 Å². The van der Waals surface area contributed by atoms with Gasteiger partial charge >= 0.3 is 0 Å². The van der Waals surface area contributed by atoms with E-state index < -0.39 is 26.8 Å². The van der Waals surface area contributed by atoms with Crippen LogP contribution in [0.25, 0.3) is 0 Å². The molecule has 2 bridgehead atoms. The summed E-state index contributed by atoms with van der Waals surface area (Å²) in [5.74, 6) is 0.493. The number of nitrogens with zero attached hydrogens (tertiary/aromatic N) is 3. The van der Waals surface area contributed by atoms with Gasteiger partial charge in [0.05, 0.1) is 17.5 Å². The summed E-state index contributed by atoms with van der Waals surface area (Å²) in [6, 6.07) is 11.6. The van der Waals surface area contributed by atoms with Crippen LogP contribution in [0.2, 0.25) is 5.02 Å². The molecule has 2 aromatic rings. The van der Waals surface area contributed by atoms with E-state index >= 15 is 0 Å². The fourth-order valence-electron chi connectivity index (χ4n) is 9.47. The van der Waals surface area contributed by atoms with Crippen molar-refractivity contribution in [3.63, 3.8) is 0 Å². The normalized spacial score (nSPS) is 33.9. The van der Waals surface area contributed by atoms with Crippen molar-refractivity contribution in [1.82, 2.24) is 14.5 Å². The lowest BCUT2D eigenvalue weighted by Gasteiger charge is -2.57. The van der Waals surface area contributed by atoms with Crippen LogP contribution in [0.3, 0.4) is 0 Å². The standard InChI is InChI=1S/C40H55ClN4O5S/c1-27-9-7-18-40(49-6,25-44-22-38(3,23-44)43(4)5)34-14-11-31(34)21-45-24-39(17-8-10-29-19-32(41)13-15-33(29)39)26-50-36-16-12-30(20-35(36)45)37(46)42-51(47,48)28(27)2/h7,12-13,15-16,18-20,27-28,31,34H,8-11,14,17,21-26H2,1-6H3,(H,42,46)/b18-7-/t27-,28+,31-,34+,39-,40-/m0/s1. The Kier molecular flexibility index (Phi) is 9.83. The third kappa shape index (κ3) is 6.73. The smallest absolute Gasteiger partial charge is 0.264 e. The Labute approximate surface area is 309 Å². The number of halogens is 1. The monoisotopic (exact) mass is 738 g/mol. The molecule has 0 unspecified atom stereocenters. The van der Waals surface area contributed by atoms with Crippen LogP contribution in [0, 0.1) is 17.8 Å². The van der Waals surface area contributed by atoms with E-state index in [2.05, 4.69) is 64.7 Å². The zero-order valence-corrected chi connectivity index (χ0v) is 32.7. The summed E-state index contributed by atoms with van der Waals surface area (Å²) < 4.78 is 42.9. The molecule has 3 aliphatic heterocycles. The molecule has 1 amide bonds. The van der Waals surface area contributed by atoms with E-state index in [4.69, 9.17) is 21.1 Å². The maximum absolute atomic E-state index is 13.6. The number of fused-ring (bicyclic) bond motifs is 4. The molecule has 0 radical (unpaired) electrons. The summed E-state index contributed by atoms with van der Waals surface area (Å²) in [5.41, 5.74) is 3.04. The van der Waals surface area contributed by atoms with E-state index in [1.807, 2.05) is 32.2 Å². The number of methoxy groups -OCH3 is 1. The molecule has 278 valence electrons. The zero-order valence-electron chi connectivity index (χ0n) is 31.1. The minimum Gasteiger partial charge on any atom is -0.490 e. The van der Waals surface area contributed by atoms with E-state index in [0.29, 0.717) is 30.3 Å². The van der Waals surface area contributed by atoms with Gasteiger partial charge in [-0.15, -0.1) is 0 Å². The average molecular weight is 739 g/mol. The highest BCUT2D eigenvalue weighted by Crippen LogP contribution is 2.49. The molecule has 1 N–H and O–H groups in total. The van der Waals surface area contributed by atoms with E-state index in [-0.39, 0.29) is 22.8 Å². The Balaban J connectivity index is 1.30. The molecule has 3 heterocycles. The van der Waals surface area contributed by atoms with E-state index in [1.165, 1.54) is 11.1 Å². The minimum absolute atomic E-state index is 0.126. The number of hydrogen-bond acceptors (Lipinski definition) is 8. The van der Waals surface area contributed by atoms with Crippen molar-refractivity contribution in [2.75, 3.05) is 65.4 Å². The molecule has 1 spiro atoms. The number of amides is 1. The first-order valence-electron chi connectivity index (χ1n) is 18.7. The predicted octanol–water partition coefficient (Wildman–Crippen LogP) is 5.90. The second-order valence-electron chi connectivity index (χ2n) is 16.7. The topological polar surface area (TPSA) is 91.4 Å². The summed E-state index contributed by atoms with van der Waals surface area (Å²) in [6.45, 7) is 10.7. The van der Waals surface area contributed by atoms with Gasteiger partial charge in [-0.2, -0.15) is 0 Å². The van der Waals surface area contributed by atoms with Gasteiger partial charge in [0.1, 0.15) is 11.4 Å². The number of hydrogen-bond donors (Lipinski definition) is 1. The first kappa shape index (κ1) is 36.7. The number of carbonyl (C=O) groups excluding carboxylic acids is 1. The maximum Gasteiger partial charge on any atom is 0.264 e. The molecule has 2 aromatic carbocycles. The van der Waals surface area contributed by atoms with Crippen LogP contribution in [-0.4, -0.2) is 101 Å². The van der Waals surface area contributed by atoms with Gasteiger partial charge in [0.15, 0.2) is 0 Å².